The van der Waals surface area contributed by atoms with Gasteiger partial charge in [0, 0.05) is 6.42 Å². The highest BCUT2D eigenvalue weighted by atomic mass is 16.5. The van der Waals surface area contributed by atoms with Gasteiger partial charge in [-0.3, -0.25) is 0 Å². The van der Waals surface area contributed by atoms with E-state index < -0.39 is 0 Å². The Morgan fingerprint density at radius 2 is 2.67 bits per heavy atom. The average Bonchev–Trinajstić information content (AvgIpc) is 2.17. The van der Waals surface area contributed by atoms with Gasteiger partial charge >= 0.3 is 0 Å². The predicted octanol–water partition coefficient (Wildman–Crippen LogP) is 0.849. The predicted molar refractivity (Wildman–Crippen MR) is 33.3 cm³/mol. The van der Waals surface area contributed by atoms with Gasteiger partial charge in [-0.05, 0) is 0 Å². The summed E-state index contributed by atoms with van der Waals surface area (Å²) < 4.78 is 0.929. The number of hydrogen-bond donors (Lipinski definition) is 1. The van der Waals surface area contributed by atoms with Crippen LogP contribution in [0.3, 0.4) is 0 Å². The van der Waals surface area contributed by atoms with E-state index in [0.717, 1.165) is 10.4 Å². The van der Waals surface area contributed by atoms with Gasteiger partial charge in [-0.25, -0.2) is 4.98 Å². The smallest absolute Gasteiger partial charge is 0.131 e. The number of nitrogens with zero attached hydrogens (tertiary/aromatic N) is 2. The van der Waals surface area contributed by atoms with Gasteiger partial charge in [0.25, 0.3) is 0 Å². The molecular formula is C6H8N2O. The lowest BCUT2D eigenvalue weighted by atomic mass is 10.3. The van der Waals surface area contributed by atoms with Gasteiger partial charge in [-0.2, -0.15) is 4.73 Å². The zero-order chi connectivity index (χ0) is 6.69. The van der Waals surface area contributed by atoms with E-state index in [1.54, 1.807) is 12.3 Å². The molecule has 1 N–H and O–H groups in total. The van der Waals surface area contributed by atoms with Crippen molar-refractivity contribution in [1.29, 1.82) is 0 Å². The quantitative estimate of drug-likeness (QED) is 0.468. The normalized spacial score (nSPS) is 9.33. The molecule has 0 amide bonds. The zero-order valence-corrected chi connectivity index (χ0v) is 4.99. The standard InChI is InChI=1S/C6H8N2O/c1-2-3-6-4-8(9)5-7-6/h2,4-5,9H,1,3H2. The van der Waals surface area contributed by atoms with E-state index in [1.165, 1.54) is 6.33 Å². The van der Waals surface area contributed by atoms with Crippen LogP contribution in [0, 0.1) is 0 Å². The first-order chi connectivity index (χ1) is 4.33. The molecule has 0 saturated heterocycles. The third kappa shape index (κ3) is 1.32. The lowest BCUT2D eigenvalue weighted by molar-refractivity contribution is 0.185. The Labute approximate surface area is 53.2 Å². The zero-order valence-electron chi connectivity index (χ0n) is 4.99. The van der Waals surface area contributed by atoms with E-state index in [-0.39, 0.29) is 0 Å². The number of imidazole rings is 1. The summed E-state index contributed by atoms with van der Waals surface area (Å²) in [6, 6.07) is 0. The molecule has 3 nitrogen and oxygen atoms in total. The van der Waals surface area contributed by atoms with Crippen molar-refractivity contribution in [2.75, 3.05) is 0 Å². The Hall–Kier alpha value is -1.25. The number of allylic oxidation sites excluding steroid dienone is 1. The largest absolute Gasteiger partial charge is 0.427 e. The lowest BCUT2D eigenvalue weighted by Gasteiger charge is -1.82. The molecule has 0 saturated carbocycles. The second kappa shape index (κ2) is 2.35. The topological polar surface area (TPSA) is 38.0 Å². The highest BCUT2D eigenvalue weighted by molar-refractivity contribution is 4.99. The second-order valence-electron chi connectivity index (χ2n) is 1.74. The van der Waals surface area contributed by atoms with Crippen molar-refractivity contribution in [3.8, 4) is 0 Å². The highest BCUT2D eigenvalue weighted by Gasteiger charge is 1.91. The average molecular weight is 124 g/mol. The van der Waals surface area contributed by atoms with Crippen molar-refractivity contribution in [3.63, 3.8) is 0 Å². The number of aromatic nitrogens is 2. The highest BCUT2D eigenvalue weighted by Crippen LogP contribution is 1.93. The van der Waals surface area contributed by atoms with Crippen molar-refractivity contribution in [2.45, 2.75) is 6.42 Å². The summed E-state index contributed by atoms with van der Waals surface area (Å²) in [4.78, 5) is 3.85. The van der Waals surface area contributed by atoms with E-state index in [4.69, 9.17) is 5.21 Å². The molecule has 0 unspecified atom stereocenters. The third-order valence-corrected chi connectivity index (χ3v) is 0.977. The molecule has 3 heteroatoms. The van der Waals surface area contributed by atoms with Gasteiger partial charge < -0.3 is 5.21 Å². The van der Waals surface area contributed by atoms with Gasteiger partial charge in [0.2, 0.25) is 0 Å². The molecule has 0 aliphatic rings. The SMILES string of the molecule is C=CCc1cn(O)cn1. The first-order valence-corrected chi connectivity index (χ1v) is 2.66. The van der Waals surface area contributed by atoms with Crippen LogP contribution in [0.5, 0.6) is 0 Å². The summed E-state index contributed by atoms with van der Waals surface area (Å²) in [7, 11) is 0. The number of hydrogen-bond acceptors (Lipinski definition) is 2. The van der Waals surface area contributed by atoms with Crippen molar-refractivity contribution >= 4 is 0 Å². The fraction of sp³-hybridized carbons (Fsp3) is 0.167. The molecule has 9 heavy (non-hydrogen) atoms. The summed E-state index contributed by atoms with van der Waals surface area (Å²) >= 11 is 0. The second-order valence-corrected chi connectivity index (χ2v) is 1.74. The van der Waals surface area contributed by atoms with Gasteiger partial charge in [0.05, 0.1) is 11.9 Å². The molecule has 1 aromatic heterocycles. The molecule has 0 aliphatic carbocycles. The third-order valence-electron chi connectivity index (χ3n) is 0.977. The van der Waals surface area contributed by atoms with Crippen LogP contribution >= 0.6 is 0 Å². The van der Waals surface area contributed by atoms with Crippen molar-refractivity contribution in [2.24, 2.45) is 0 Å². The van der Waals surface area contributed by atoms with Gasteiger partial charge in [0.1, 0.15) is 6.33 Å². The molecule has 1 aromatic rings. The summed E-state index contributed by atoms with van der Waals surface area (Å²) in [6.45, 7) is 3.53. The van der Waals surface area contributed by atoms with Gasteiger partial charge in [-0.15, -0.1) is 6.58 Å². The Balaban J connectivity index is 2.72. The molecule has 0 fully saturated rings. The van der Waals surface area contributed by atoms with Crippen LogP contribution in [0.4, 0.5) is 0 Å². The van der Waals surface area contributed by atoms with E-state index >= 15 is 0 Å². The summed E-state index contributed by atoms with van der Waals surface area (Å²) in [6.07, 6.45) is 5.33. The molecule has 0 aliphatic heterocycles. The molecule has 0 radical (unpaired) electrons. The molecule has 1 heterocycles. The Morgan fingerprint density at radius 3 is 3.11 bits per heavy atom. The number of rotatable bonds is 2. The van der Waals surface area contributed by atoms with Crippen LogP contribution in [0.15, 0.2) is 25.2 Å². The van der Waals surface area contributed by atoms with Gasteiger partial charge in [-0.1, -0.05) is 6.08 Å². The van der Waals surface area contributed by atoms with Crippen molar-refractivity contribution in [1.82, 2.24) is 9.71 Å². The van der Waals surface area contributed by atoms with E-state index in [2.05, 4.69) is 11.6 Å². The molecule has 1 rings (SSSR count). The minimum absolute atomic E-state index is 0.702. The fourth-order valence-electron chi connectivity index (χ4n) is 0.606. The first-order valence-electron chi connectivity index (χ1n) is 2.66. The first kappa shape index (κ1) is 5.88. The van der Waals surface area contributed by atoms with E-state index in [9.17, 15) is 0 Å². The summed E-state index contributed by atoms with van der Waals surface area (Å²) in [5.74, 6) is 0. The lowest BCUT2D eigenvalue weighted by Crippen LogP contribution is -1.81. The van der Waals surface area contributed by atoms with Crippen LogP contribution < -0.4 is 0 Å². The van der Waals surface area contributed by atoms with Crippen LogP contribution in [0.2, 0.25) is 0 Å². The monoisotopic (exact) mass is 124 g/mol. The fourth-order valence-corrected chi connectivity index (χ4v) is 0.606. The Kier molecular flexibility index (Phi) is 1.53. The minimum Gasteiger partial charge on any atom is -0.427 e. The molecule has 0 aromatic carbocycles. The Morgan fingerprint density at radius 1 is 1.89 bits per heavy atom. The van der Waals surface area contributed by atoms with E-state index in [1.807, 2.05) is 0 Å². The summed E-state index contributed by atoms with van der Waals surface area (Å²) in [5.41, 5.74) is 0.826. The van der Waals surface area contributed by atoms with E-state index in [0.29, 0.717) is 6.42 Å². The molecule has 0 spiro atoms. The maximum Gasteiger partial charge on any atom is 0.131 e. The van der Waals surface area contributed by atoms with Crippen LogP contribution in [-0.4, -0.2) is 14.9 Å². The minimum atomic E-state index is 0.702. The van der Waals surface area contributed by atoms with Crippen LogP contribution in [0.25, 0.3) is 0 Å². The molecule has 48 valence electrons. The van der Waals surface area contributed by atoms with Crippen LogP contribution in [-0.2, 0) is 6.42 Å². The molecule has 0 atom stereocenters. The van der Waals surface area contributed by atoms with Crippen molar-refractivity contribution < 1.29 is 5.21 Å². The van der Waals surface area contributed by atoms with Crippen molar-refractivity contribution in [3.05, 3.63) is 30.9 Å². The molecular weight excluding hydrogens is 116 g/mol. The molecule has 0 bridgehead atoms. The maximum absolute atomic E-state index is 8.70. The summed E-state index contributed by atoms with van der Waals surface area (Å²) in [5, 5.41) is 8.70. The Bertz CT molecular complexity index is 205. The maximum atomic E-state index is 8.70. The van der Waals surface area contributed by atoms with Crippen LogP contribution in [0.1, 0.15) is 5.69 Å². The van der Waals surface area contributed by atoms with Gasteiger partial charge in [0.15, 0.2) is 0 Å².